The van der Waals surface area contributed by atoms with E-state index in [0.29, 0.717) is 6.04 Å². The van der Waals surface area contributed by atoms with Crippen molar-refractivity contribution in [2.45, 2.75) is 76.3 Å². The summed E-state index contributed by atoms with van der Waals surface area (Å²) in [7, 11) is 0. The van der Waals surface area contributed by atoms with Crippen LogP contribution in [0.3, 0.4) is 0 Å². The Hall–Kier alpha value is -0.570. The molecule has 3 nitrogen and oxygen atoms in total. The molecule has 1 atom stereocenters. The van der Waals surface area contributed by atoms with Gasteiger partial charge in [-0.3, -0.25) is 4.79 Å². The molecular formula is C14H26N2O. The maximum atomic E-state index is 11.9. The van der Waals surface area contributed by atoms with Gasteiger partial charge in [0.2, 0.25) is 5.91 Å². The average Bonchev–Trinajstić information content (AvgIpc) is 2.48. The third kappa shape index (κ3) is 4.30. The van der Waals surface area contributed by atoms with Gasteiger partial charge in [0.05, 0.1) is 6.04 Å². The van der Waals surface area contributed by atoms with Crippen LogP contribution in [0.4, 0.5) is 0 Å². The Balaban J connectivity index is 1.82. The van der Waals surface area contributed by atoms with Gasteiger partial charge in [-0.15, -0.1) is 0 Å². The van der Waals surface area contributed by atoms with E-state index < -0.39 is 0 Å². The zero-order valence-corrected chi connectivity index (χ0v) is 10.8. The molecule has 0 aromatic rings. The summed E-state index contributed by atoms with van der Waals surface area (Å²) in [5, 5.41) is 6.61. The van der Waals surface area contributed by atoms with Gasteiger partial charge in [0.1, 0.15) is 0 Å². The topological polar surface area (TPSA) is 41.1 Å². The second-order valence-electron chi connectivity index (χ2n) is 5.55. The summed E-state index contributed by atoms with van der Waals surface area (Å²) in [4.78, 5) is 11.9. The van der Waals surface area contributed by atoms with E-state index in [1.165, 1.54) is 51.4 Å². The van der Waals surface area contributed by atoms with Crippen LogP contribution in [0.2, 0.25) is 0 Å². The highest BCUT2D eigenvalue weighted by Crippen LogP contribution is 2.18. The van der Waals surface area contributed by atoms with E-state index in [9.17, 15) is 4.79 Å². The summed E-state index contributed by atoms with van der Waals surface area (Å²) < 4.78 is 0. The van der Waals surface area contributed by atoms with Crippen molar-refractivity contribution in [1.29, 1.82) is 0 Å². The number of hydrogen-bond acceptors (Lipinski definition) is 2. The Labute approximate surface area is 105 Å². The van der Waals surface area contributed by atoms with Gasteiger partial charge in [-0.1, -0.05) is 32.1 Å². The van der Waals surface area contributed by atoms with Crippen molar-refractivity contribution in [2.75, 3.05) is 6.54 Å². The molecule has 1 saturated carbocycles. The van der Waals surface area contributed by atoms with Crippen LogP contribution in [-0.4, -0.2) is 24.5 Å². The molecule has 1 aliphatic heterocycles. The van der Waals surface area contributed by atoms with Gasteiger partial charge in [-0.05, 0) is 32.1 Å². The number of nitrogens with one attached hydrogen (secondary N) is 2. The molecule has 0 aromatic heterocycles. The smallest absolute Gasteiger partial charge is 0.237 e. The maximum absolute atomic E-state index is 11.9. The van der Waals surface area contributed by atoms with E-state index in [4.69, 9.17) is 0 Å². The monoisotopic (exact) mass is 238 g/mol. The van der Waals surface area contributed by atoms with Crippen LogP contribution in [0, 0.1) is 0 Å². The van der Waals surface area contributed by atoms with Crippen LogP contribution in [0.1, 0.15) is 64.2 Å². The number of amides is 1. The Kier molecular flexibility index (Phi) is 5.30. The van der Waals surface area contributed by atoms with E-state index in [2.05, 4.69) is 10.6 Å². The second kappa shape index (κ2) is 7.00. The lowest BCUT2D eigenvalue weighted by Gasteiger charge is -2.25. The summed E-state index contributed by atoms with van der Waals surface area (Å²) in [6.07, 6.45) is 12.6. The third-order valence-electron chi connectivity index (χ3n) is 4.08. The van der Waals surface area contributed by atoms with Crippen molar-refractivity contribution in [3.63, 3.8) is 0 Å². The molecule has 2 aliphatic rings. The Morgan fingerprint density at radius 3 is 2.29 bits per heavy atom. The van der Waals surface area contributed by atoms with E-state index in [1.807, 2.05) is 0 Å². The molecule has 1 heterocycles. The van der Waals surface area contributed by atoms with E-state index in [0.717, 1.165) is 19.4 Å². The fraction of sp³-hybridized carbons (Fsp3) is 0.929. The number of hydrogen-bond donors (Lipinski definition) is 2. The normalized spacial score (nSPS) is 28.9. The van der Waals surface area contributed by atoms with Crippen molar-refractivity contribution >= 4 is 5.91 Å². The summed E-state index contributed by atoms with van der Waals surface area (Å²) in [6.45, 7) is 0.863. The Morgan fingerprint density at radius 2 is 1.53 bits per heavy atom. The van der Waals surface area contributed by atoms with Crippen LogP contribution in [-0.2, 0) is 4.79 Å². The first-order valence-electron chi connectivity index (χ1n) is 7.40. The summed E-state index contributed by atoms with van der Waals surface area (Å²) in [5.41, 5.74) is 0. The molecule has 98 valence electrons. The van der Waals surface area contributed by atoms with Crippen molar-refractivity contribution < 1.29 is 4.79 Å². The summed E-state index contributed by atoms with van der Waals surface area (Å²) in [6, 6.07) is 0.645. The minimum absolute atomic E-state index is 0.0712. The molecule has 0 unspecified atom stereocenters. The minimum atomic E-state index is 0.0712. The van der Waals surface area contributed by atoms with Crippen LogP contribution in [0.5, 0.6) is 0 Å². The highest BCUT2D eigenvalue weighted by Gasteiger charge is 2.23. The maximum Gasteiger partial charge on any atom is 0.237 e. The molecule has 1 aliphatic carbocycles. The van der Waals surface area contributed by atoms with Crippen LogP contribution < -0.4 is 10.6 Å². The standard InChI is InChI=1S/C14H26N2O/c17-14-13(10-6-7-11-15-14)16-12-8-4-2-1-3-5-9-12/h12-13,16H,1-11H2,(H,15,17)/t13-/m1/s1. The quantitative estimate of drug-likeness (QED) is 0.775. The number of carbonyl (C=O) groups is 1. The lowest BCUT2D eigenvalue weighted by atomic mass is 9.95. The molecular weight excluding hydrogens is 212 g/mol. The van der Waals surface area contributed by atoms with Gasteiger partial charge in [0.25, 0.3) is 0 Å². The molecule has 2 fully saturated rings. The van der Waals surface area contributed by atoms with Crippen LogP contribution in [0.25, 0.3) is 0 Å². The fourth-order valence-corrected chi connectivity index (χ4v) is 3.01. The van der Waals surface area contributed by atoms with E-state index in [1.54, 1.807) is 0 Å². The molecule has 0 spiro atoms. The Morgan fingerprint density at radius 1 is 0.882 bits per heavy atom. The summed E-state index contributed by atoms with van der Waals surface area (Å²) >= 11 is 0. The lowest BCUT2D eigenvalue weighted by molar-refractivity contribution is -0.123. The largest absolute Gasteiger partial charge is 0.355 e. The third-order valence-corrected chi connectivity index (χ3v) is 4.08. The molecule has 1 saturated heterocycles. The highest BCUT2D eigenvalue weighted by atomic mass is 16.2. The first-order valence-corrected chi connectivity index (χ1v) is 7.40. The number of rotatable bonds is 2. The van der Waals surface area contributed by atoms with E-state index >= 15 is 0 Å². The zero-order chi connectivity index (χ0) is 11.9. The summed E-state index contributed by atoms with van der Waals surface area (Å²) in [5.74, 6) is 0.226. The number of carbonyl (C=O) groups excluding carboxylic acids is 1. The van der Waals surface area contributed by atoms with Crippen molar-refractivity contribution in [2.24, 2.45) is 0 Å². The molecule has 2 N–H and O–H groups in total. The van der Waals surface area contributed by atoms with E-state index in [-0.39, 0.29) is 11.9 Å². The first kappa shape index (κ1) is 12.9. The predicted molar refractivity (Wildman–Crippen MR) is 69.9 cm³/mol. The average molecular weight is 238 g/mol. The minimum Gasteiger partial charge on any atom is -0.355 e. The predicted octanol–water partition coefficient (Wildman–Crippen LogP) is 2.36. The molecule has 0 aromatic carbocycles. The Bertz CT molecular complexity index is 234. The van der Waals surface area contributed by atoms with Gasteiger partial charge in [0, 0.05) is 12.6 Å². The van der Waals surface area contributed by atoms with Crippen molar-refractivity contribution in [3.8, 4) is 0 Å². The van der Waals surface area contributed by atoms with Crippen molar-refractivity contribution in [3.05, 3.63) is 0 Å². The fourth-order valence-electron chi connectivity index (χ4n) is 3.01. The van der Waals surface area contributed by atoms with Gasteiger partial charge in [0.15, 0.2) is 0 Å². The van der Waals surface area contributed by atoms with Crippen LogP contribution in [0.15, 0.2) is 0 Å². The van der Waals surface area contributed by atoms with Crippen molar-refractivity contribution in [1.82, 2.24) is 10.6 Å². The second-order valence-corrected chi connectivity index (χ2v) is 5.55. The SMILES string of the molecule is O=C1NCCCC[C@H]1NC1CCCCCCC1. The first-order chi connectivity index (χ1) is 8.36. The van der Waals surface area contributed by atoms with Crippen LogP contribution >= 0.6 is 0 Å². The zero-order valence-electron chi connectivity index (χ0n) is 10.8. The molecule has 0 bridgehead atoms. The molecule has 0 radical (unpaired) electrons. The lowest BCUT2D eigenvalue weighted by Crippen LogP contribution is -2.47. The van der Waals surface area contributed by atoms with Gasteiger partial charge >= 0.3 is 0 Å². The molecule has 2 rings (SSSR count). The van der Waals surface area contributed by atoms with Gasteiger partial charge in [-0.2, -0.15) is 0 Å². The molecule has 1 amide bonds. The van der Waals surface area contributed by atoms with Gasteiger partial charge < -0.3 is 10.6 Å². The molecule has 3 heteroatoms. The highest BCUT2D eigenvalue weighted by molar-refractivity contribution is 5.81. The molecule has 17 heavy (non-hydrogen) atoms. The van der Waals surface area contributed by atoms with Gasteiger partial charge in [-0.25, -0.2) is 0 Å².